The van der Waals surface area contributed by atoms with Gasteiger partial charge in [0.2, 0.25) is 0 Å². The third kappa shape index (κ3) is 3.54. The van der Waals surface area contributed by atoms with Gasteiger partial charge in [-0.25, -0.2) is 14.8 Å². The minimum Gasteiger partial charge on any atom is -0.444 e. The SMILES string of the molecule is CC(C)(C)OC(=O)Nc1nc2ccccc2nc1Cl. The highest BCUT2D eigenvalue weighted by Gasteiger charge is 2.18. The van der Waals surface area contributed by atoms with Crippen molar-refractivity contribution in [1.82, 2.24) is 9.97 Å². The molecule has 0 unspecified atom stereocenters. The number of anilines is 1. The molecule has 0 fully saturated rings. The van der Waals surface area contributed by atoms with E-state index >= 15 is 0 Å². The molecule has 1 aromatic carbocycles. The van der Waals surface area contributed by atoms with Crippen LogP contribution < -0.4 is 5.32 Å². The molecule has 0 bridgehead atoms. The molecule has 1 heterocycles. The Morgan fingerprint density at radius 2 is 1.79 bits per heavy atom. The van der Waals surface area contributed by atoms with Crippen LogP contribution in [0.3, 0.4) is 0 Å². The molecular formula is C13H14ClN3O2. The number of hydrogen-bond donors (Lipinski definition) is 1. The monoisotopic (exact) mass is 279 g/mol. The Balaban J connectivity index is 2.25. The van der Waals surface area contributed by atoms with Crippen molar-refractivity contribution in [2.75, 3.05) is 5.32 Å². The molecule has 0 saturated heterocycles. The van der Waals surface area contributed by atoms with Crippen molar-refractivity contribution in [2.24, 2.45) is 0 Å². The van der Waals surface area contributed by atoms with Crippen molar-refractivity contribution < 1.29 is 9.53 Å². The van der Waals surface area contributed by atoms with Crippen molar-refractivity contribution in [2.45, 2.75) is 26.4 Å². The zero-order chi connectivity index (χ0) is 14.0. The summed E-state index contributed by atoms with van der Waals surface area (Å²) in [6.07, 6.45) is -0.612. The van der Waals surface area contributed by atoms with Crippen LogP contribution in [0.25, 0.3) is 11.0 Å². The number of benzene rings is 1. The fraction of sp³-hybridized carbons (Fsp3) is 0.308. The Morgan fingerprint density at radius 3 is 2.37 bits per heavy atom. The zero-order valence-corrected chi connectivity index (χ0v) is 11.7. The predicted molar refractivity (Wildman–Crippen MR) is 74.4 cm³/mol. The molecule has 1 aromatic heterocycles. The number of nitrogens with zero attached hydrogens (tertiary/aromatic N) is 2. The van der Waals surface area contributed by atoms with Gasteiger partial charge in [-0.05, 0) is 32.9 Å². The smallest absolute Gasteiger partial charge is 0.413 e. The van der Waals surface area contributed by atoms with E-state index in [1.807, 2.05) is 12.1 Å². The highest BCUT2D eigenvalue weighted by Crippen LogP contribution is 2.21. The summed E-state index contributed by atoms with van der Waals surface area (Å²) in [6.45, 7) is 5.33. The van der Waals surface area contributed by atoms with Crippen molar-refractivity contribution in [3.63, 3.8) is 0 Å². The van der Waals surface area contributed by atoms with Crippen molar-refractivity contribution in [3.8, 4) is 0 Å². The number of halogens is 1. The quantitative estimate of drug-likeness (QED) is 0.866. The number of fused-ring (bicyclic) bond motifs is 1. The molecule has 0 saturated carbocycles. The first-order valence-electron chi connectivity index (χ1n) is 5.77. The lowest BCUT2D eigenvalue weighted by molar-refractivity contribution is 0.0635. The van der Waals surface area contributed by atoms with Gasteiger partial charge >= 0.3 is 6.09 Å². The number of amides is 1. The molecule has 2 rings (SSSR count). The van der Waals surface area contributed by atoms with Gasteiger partial charge in [0.1, 0.15) is 5.60 Å². The summed E-state index contributed by atoms with van der Waals surface area (Å²) in [4.78, 5) is 20.1. The van der Waals surface area contributed by atoms with Crippen LogP contribution in [0.2, 0.25) is 5.15 Å². The van der Waals surface area contributed by atoms with Crippen LogP contribution in [0.4, 0.5) is 10.6 Å². The third-order valence-corrected chi connectivity index (χ3v) is 2.41. The molecule has 19 heavy (non-hydrogen) atoms. The second kappa shape index (κ2) is 5.01. The van der Waals surface area contributed by atoms with Gasteiger partial charge in [-0.2, -0.15) is 0 Å². The van der Waals surface area contributed by atoms with Crippen LogP contribution in [0.15, 0.2) is 24.3 Å². The molecule has 0 aliphatic carbocycles. The van der Waals surface area contributed by atoms with Crippen molar-refractivity contribution >= 4 is 34.5 Å². The fourth-order valence-corrected chi connectivity index (χ4v) is 1.64. The Morgan fingerprint density at radius 1 is 1.21 bits per heavy atom. The molecule has 1 N–H and O–H groups in total. The maximum Gasteiger partial charge on any atom is 0.413 e. The fourth-order valence-electron chi connectivity index (χ4n) is 1.46. The Labute approximate surface area is 116 Å². The minimum atomic E-state index is -0.612. The van der Waals surface area contributed by atoms with Gasteiger partial charge in [0.05, 0.1) is 11.0 Å². The predicted octanol–water partition coefficient (Wildman–Crippen LogP) is 3.63. The molecule has 100 valence electrons. The first-order valence-corrected chi connectivity index (χ1v) is 6.15. The van der Waals surface area contributed by atoms with E-state index in [0.717, 1.165) is 0 Å². The lowest BCUT2D eigenvalue weighted by atomic mass is 10.2. The summed E-state index contributed by atoms with van der Waals surface area (Å²) >= 11 is 5.97. The number of aromatic nitrogens is 2. The van der Waals surface area contributed by atoms with Crippen LogP contribution in [-0.2, 0) is 4.74 Å². The summed E-state index contributed by atoms with van der Waals surface area (Å²) in [5.74, 6) is 0.189. The van der Waals surface area contributed by atoms with Crippen LogP contribution in [0.1, 0.15) is 20.8 Å². The van der Waals surface area contributed by atoms with Crippen LogP contribution in [-0.4, -0.2) is 21.7 Å². The van der Waals surface area contributed by atoms with Gasteiger partial charge in [0.15, 0.2) is 11.0 Å². The van der Waals surface area contributed by atoms with Gasteiger partial charge < -0.3 is 4.74 Å². The molecule has 0 aliphatic rings. The van der Waals surface area contributed by atoms with E-state index in [4.69, 9.17) is 16.3 Å². The van der Waals surface area contributed by atoms with Gasteiger partial charge in [0, 0.05) is 0 Å². The summed E-state index contributed by atoms with van der Waals surface area (Å²) in [6, 6.07) is 7.26. The highest BCUT2D eigenvalue weighted by molar-refractivity contribution is 6.32. The Kier molecular flexibility index (Phi) is 3.57. The lowest BCUT2D eigenvalue weighted by Gasteiger charge is -2.19. The van der Waals surface area contributed by atoms with Crippen LogP contribution in [0, 0.1) is 0 Å². The molecule has 6 heteroatoms. The topological polar surface area (TPSA) is 64.1 Å². The third-order valence-electron chi connectivity index (χ3n) is 2.15. The molecule has 5 nitrogen and oxygen atoms in total. The molecule has 0 spiro atoms. The largest absolute Gasteiger partial charge is 0.444 e. The summed E-state index contributed by atoms with van der Waals surface area (Å²) in [7, 11) is 0. The number of ether oxygens (including phenoxy) is 1. The highest BCUT2D eigenvalue weighted by atomic mass is 35.5. The van der Waals surface area contributed by atoms with E-state index in [-0.39, 0.29) is 11.0 Å². The number of carbonyl (C=O) groups is 1. The zero-order valence-electron chi connectivity index (χ0n) is 10.9. The van der Waals surface area contributed by atoms with Gasteiger partial charge in [-0.3, -0.25) is 5.32 Å². The maximum absolute atomic E-state index is 11.7. The number of hydrogen-bond acceptors (Lipinski definition) is 4. The maximum atomic E-state index is 11.7. The first kappa shape index (κ1) is 13.5. The number of para-hydroxylation sites is 2. The van der Waals surface area contributed by atoms with E-state index in [9.17, 15) is 4.79 Å². The number of nitrogens with one attached hydrogen (secondary N) is 1. The number of rotatable bonds is 1. The summed E-state index contributed by atoms with van der Waals surface area (Å²) in [5, 5.41) is 2.62. The molecule has 1 amide bonds. The molecular weight excluding hydrogens is 266 g/mol. The lowest BCUT2D eigenvalue weighted by Crippen LogP contribution is -2.27. The average Bonchev–Trinajstić information content (AvgIpc) is 2.27. The van der Waals surface area contributed by atoms with Crippen LogP contribution >= 0.6 is 11.6 Å². The Hall–Kier alpha value is -1.88. The number of carbonyl (C=O) groups excluding carboxylic acids is 1. The normalized spacial score (nSPS) is 11.4. The average molecular weight is 280 g/mol. The molecule has 0 atom stereocenters. The van der Waals surface area contributed by atoms with E-state index in [1.165, 1.54) is 0 Å². The van der Waals surface area contributed by atoms with Gasteiger partial charge in [0.25, 0.3) is 0 Å². The standard InChI is InChI=1S/C13H14ClN3O2/c1-13(2,3)19-12(18)17-11-10(14)15-8-6-4-5-7-9(8)16-11/h4-7H,1-3H3,(H,16,17,18). The minimum absolute atomic E-state index is 0.129. The van der Waals surface area contributed by atoms with E-state index in [0.29, 0.717) is 11.0 Å². The van der Waals surface area contributed by atoms with Crippen molar-refractivity contribution in [3.05, 3.63) is 29.4 Å². The molecule has 2 aromatic rings. The summed E-state index contributed by atoms with van der Waals surface area (Å²) < 4.78 is 5.13. The van der Waals surface area contributed by atoms with Crippen molar-refractivity contribution in [1.29, 1.82) is 0 Å². The van der Waals surface area contributed by atoms with Crippen LogP contribution in [0.5, 0.6) is 0 Å². The van der Waals surface area contributed by atoms with E-state index in [1.54, 1.807) is 32.9 Å². The first-order chi connectivity index (χ1) is 8.85. The van der Waals surface area contributed by atoms with E-state index < -0.39 is 11.7 Å². The summed E-state index contributed by atoms with van der Waals surface area (Å²) in [5.41, 5.74) is 0.737. The molecule has 0 radical (unpaired) electrons. The second-order valence-corrected chi connectivity index (χ2v) is 5.34. The second-order valence-electron chi connectivity index (χ2n) is 4.98. The Bertz CT molecular complexity index is 623. The van der Waals surface area contributed by atoms with Gasteiger partial charge in [-0.1, -0.05) is 23.7 Å². The van der Waals surface area contributed by atoms with Gasteiger partial charge in [-0.15, -0.1) is 0 Å². The van der Waals surface area contributed by atoms with E-state index in [2.05, 4.69) is 15.3 Å². The molecule has 0 aliphatic heterocycles.